The van der Waals surface area contributed by atoms with Crippen molar-refractivity contribution >= 4 is 34.4 Å². The van der Waals surface area contributed by atoms with Crippen molar-refractivity contribution in [3.63, 3.8) is 0 Å². The largest absolute Gasteiger partial charge is 0.424 e. The van der Waals surface area contributed by atoms with Gasteiger partial charge in [0.15, 0.2) is 5.65 Å². The van der Waals surface area contributed by atoms with Gasteiger partial charge in [-0.05, 0) is 12.1 Å². The van der Waals surface area contributed by atoms with E-state index in [0.717, 1.165) is 5.52 Å². The third kappa shape index (κ3) is 2.10. The van der Waals surface area contributed by atoms with Crippen LogP contribution in [0.4, 0.5) is 0 Å². The predicted molar refractivity (Wildman–Crippen MR) is 68.2 cm³/mol. The first kappa shape index (κ1) is 11.3. The molecule has 0 radical (unpaired) electrons. The lowest BCUT2D eigenvalue weighted by atomic mass is 10.3. The maximum Gasteiger partial charge on any atom is 0.324 e. The lowest BCUT2D eigenvalue weighted by Gasteiger charge is -2.04. The third-order valence-corrected chi connectivity index (χ3v) is 2.99. The summed E-state index contributed by atoms with van der Waals surface area (Å²) in [6.45, 7) is 0. The van der Waals surface area contributed by atoms with E-state index in [2.05, 4.69) is 19.9 Å². The van der Waals surface area contributed by atoms with Gasteiger partial charge in [0.2, 0.25) is 0 Å². The molecule has 3 rings (SSSR count). The van der Waals surface area contributed by atoms with Crippen LogP contribution in [0.1, 0.15) is 0 Å². The number of hydrogen-bond donors (Lipinski definition) is 1. The molecule has 0 bridgehead atoms. The van der Waals surface area contributed by atoms with Crippen LogP contribution in [0.25, 0.3) is 11.2 Å². The Bertz CT molecular complexity index is 713. The second-order valence-corrected chi connectivity index (χ2v) is 4.28. The number of ether oxygens (including phenoxy) is 1. The Hall–Kier alpha value is -1.85. The highest BCUT2D eigenvalue weighted by Crippen LogP contribution is 2.28. The fourth-order valence-electron chi connectivity index (χ4n) is 1.42. The summed E-state index contributed by atoms with van der Waals surface area (Å²) in [7, 11) is 0. The second-order valence-electron chi connectivity index (χ2n) is 3.47. The summed E-state index contributed by atoms with van der Waals surface area (Å²) in [5, 5.41) is 0.878. The quantitative estimate of drug-likeness (QED) is 0.781. The molecule has 0 saturated carbocycles. The number of imidazole rings is 1. The van der Waals surface area contributed by atoms with E-state index in [-0.39, 0.29) is 6.01 Å². The van der Waals surface area contributed by atoms with Crippen LogP contribution in [-0.2, 0) is 0 Å². The monoisotopic (exact) mass is 280 g/mol. The minimum absolute atomic E-state index is 0.202. The molecule has 0 aliphatic rings. The summed E-state index contributed by atoms with van der Waals surface area (Å²) in [6.07, 6.45) is 3.14. The Kier molecular flexibility index (Phi) is 2.77. The number of rotatable bonds is 2. The van der Waals surface area contributed by atoms with Crippen molar-refractivity contribution < 1.29 is 4.74 Å². The van der Waals surface area contributed by atoms with Crippen LogP contribution in [0.3, 0.4) is 0 Å². The summed E-state index contributed by atoms with van der Waals surface area (Å²) >= 11 is 11.7. The minimum Gasteiger partial charge on any atom is -0.424 e. The van der Waals surface area contributed by atoms with Crippen LogP contribution < -0.4 is 4.74 Å². The lowest BCUT2D eigenvalue weighted by Crippen LogP contribution is -1.92. The first-order valence-electron chi connectivity index (χ1n) is 5.01. The van der Waals surface area contributed by atoms with Crippen LogP contribution in [0.2, 0.25) is 10.0 Å². The molecule has 0 aliphatic heterocycles. The normalized spacial score (nSPS) is 10.8. The molecular formula is C11H6Cl2N4O. The maximum absolute atomic E-state index is 5.89. The molecule has 0 spiro atoms. The Morgan fingerprint density at radius 1 is 1.11 bits per heavy atom. The lowest BCUT2D eigenvalue weighted by molar-refractivity contribution is 0.444. The fraction of sp³-hybridized carbons (Fsp3) is 0. The number of benzene rings is 1. The highest BCUT2D eigenvalue weighted by molar-refractivity contribution is 6.42. The van der Waals surface area contributed by atoms with Crippen LogP contribution in [0.15, 0.2) is 30.7 Å². The summed E-state index contributed by atoms with van der Waals surface area (Å²) in [6, 6.07) is 5.13. The fourth-order valence-corrected chi connectivity index (χ4v) is 1.70. The average Bonchev–Trinajstić information content (AvgIpc) is 2.81. The zero-order valence-corrected chi connectivity index (χ0v) is 10.4. The maximum atomic E-state index is 5.89. The second kappa shape index (κ2) is 4.44. The third-order valence-electron chi connectivity index (χ3n) is 2.25. The van der Waals surface area contributed by atoms with Crippen molar-refractivity contribution in [1.82, 2.24) is 19.9 Å². The molecule has 18 heavy (non-hydrogen) atoms. The van der Waals surface area contributed by atoms with E-state index in [9.17, 15) is 0 Å². The van der Waals surface area contributed by atoms with Gasteiger partial charge < -0.3 is 9.72 Å². The zero-order chi connectivity index (χ0) is 12.5. The first-order valence-corrected chi connectivity index (χ1v) is 5.77. The number of aromatic nitrogens is 4. The van der Waals surface area contributed by atoms with E-state index >= 15 is 0 Å². The van der Waals surface area contributed by atoms with E-state index in [1.54, 1.807) is 30.7 Å². The van der Waals surface area contributed by atoms with Crippen LogP contribution in [0.5, 0.6) is 11.8 Å². The molecule has 0 fully saturated rings. The van der Waals surface area contributed by atoms with Crippen LogP contribution in [-0.4, -0.2) is 19.9 Å². The summed E-state index contributed by atoms with van der Waals surface area (Å²) in [4.78, 5) is 15.1. The molecule has 3 aromatic rings. The van der Waals surface area contributed by atoms with Gasteiger partial charge in [0, 0.05) is 6.07 Å². The SMILES string of the molecule is Clc1ccc(Oc2ncc3[nH]cnc3n2)cc1Cl. The summed E-state index contributed by atoms with van der Waals surface area (Å²) in [5.41, 5.74) is 1.29. The van der Waals surface area contributed by atoms with E-state index in [0.29, 0.717) is 21.4 Å². The van der Waals surface area contributed by atoms with Gasteiger partial charge in [-0.3, -0.25) is 0 Å². The van der Waals surface area contributed by atoms with Crippen LogP contribution in [0, 0.1) is 0 Å². The average molecular weight is 281 g/mol. The Morgan fingerprint density at radius 3 is 2.83 bits per heavy atom. The number of fused-ring (bicyclic) bond motifs is 1. The van der Waals surface area contributed by atoms with Crippen molar-refractivity contribution in [3.05, 3.63) is 40.8 Å². The van der Waals surface area contributed by atoms with Gasteiger partial charge in [-0.15, -0.1) is 0 Å². The number of H-pyrrole nitrogens is 1. The number of nitrogens with one attached hydrogen (secondary N) is 1. The molecule has 90 valence electrons. The molecule has 0 amide bonds. The molecule has 0 aliphatic carbocycles. The van der Waals surface area contributed by atoms with E-state index in [4.69, 9.17) is 27.9 Å². The highest BCUT2D eigenvalue weighted by Gasteiger charge is 2.06. The molecule has 2 aromatic heterocycles. The summed E-state index contributed by atoms with van der Waals surface area (Å²) in [5.74, 6) is 0.513. The highest BCUT2D eigenvalue weighted by atomic mass is 35.5. The predicted octanol–water partition coefficient (Wildman–Crippen LogP) is 3.45. The van der Waals surface area contributed by atoms with Crippen molar-refractivity contribution in [1.29, 1.82) is 0 Å². The van der Waals surface area contributed by atoms with E-state index in [1.165, 1.54) is 0 Å². The van der Waals surface area contributed by atoms with Crippen molar-refractivity contribution in [3.8, 4) is 11.8 Å². The van der Waals surface area contributed by atoms with Gasteiger partial charge in [-0.2, -0.15) is 4.98 Å². The van der Waals surface area contributed by atoms with Gasteiger partial charge >= 0.3 is 6.01 Å². The number of aromatic amines is 1. The van der Waals surface area contributed by atoms with Gasteiger partial charge in [0.25, 0.3) is 0 Å². The Labute approximate surface area is 112 Å². The molecular weight excluding hydrogens is 275 g/mol. The van der Waals surface area contributed by atoms with Crippen LogP contribution >= 0.6 is 23.2 Å². The van der Waals surface area contributed by atoms with Gasteiger partial charge in [0.05, 0.1) is 22.6 Å². The molecule has 2 heterocycles. The Balaban J connectivity index is 1.92. The standard InChI is InChI=1S/C11H6Cl2N4O/c12-7-2-1-6(3-8(7)13)18-11-14-4-9-10(17-11)16-5-15-9/h1-5H,(H,14,15,16,17). The van der Waals surface area contributed by atoms with Crippen molar-refractivity contribution in [2.24, 2.45) is 0 Å². The molecule has 7 heteroatoms. The van der Waals surface area contributed by atoms with Gasteiger partial charge in [-0.25, -0.2) is 9.97 Å². The number of hydrogen-bond acceptors (Lipinski definition) is 4. The number of nitrogens with zero attached hydrogens (tertiary/aromatic N) is 3. The smallest absolute Gasteiger partial charge is 0.324 e. The number of halogens is 2. The molecule has 0 unspecified atom stereocenters. The van der Waals surface area contributed by atoms with Gasteiger partial charge in [-0.1, -0.05) is 23.2 Å². The minimum atomic E-state index is 0.202. The Morgan fingerprint density at radius 2 is 2.00 bits per heavy atom. The van der Waals surface area contributed by atoms with Crippen molar-refractivity contribution in [2.75, 3.05) is 0 Å². The molecule has 0 saturated heterocycles. The molecule has 1 N–H and O–H groups in total. The van der Waals surface area contributed by atoms with Gasteiger partial charge in [0.1, 0.15) is 11.3 Å². The summed E-state index contributed by atoms with van der Waals surface area (Å²) < 4.78 is 5.47. The zero-order valence-electron chi connectivity index (χ0n) is 8.89. The topological polar surface area (TPSA) is 63.7 Å². The van der Waals surface area contributed by atoms with E-state index < -0.39 is 0 Å². The molecule has 1 aromatic carbocycles. The first-order chi connectivity index (χ1) is 8.72. The molecule has 0 atom stereocenters. The van der Waals surface area contributed by atoms with Crippen molar-refractivity contribution in [2.45, 2.75) is 0 Å². The van der Waals surface area contributed by atoms with E-state index in [1.807, 2.05) is 0 Å². The molecule has 5 nitrogen and oxygen atoms in total.